The Morgan fingerprint density at radius 2 is 1.69 bits per heavy atom. The van der Waals surface area contributed by atoms with E-state index in [4.69, 9.17) is 16.0 Å². The van der Waals surface area contributed by atoms with Crippen molar-refractivity contribution >= 4 is 50.1 Å². The molecule has 0 bridgehead atoms. The van der Waals surface area contributed by atoms with Gasteiger partial charge >= 0.3 is 0 Å². The van der Waals surface area contributed by atoms with Crippen LogP contribution < -0.4 is 10.7 Å². The van der Waals surface area contributed by atoms with Crippen LogP contribution in [0, 0.1) is 0 Å². The highest BCUT2D eigenvalue weighted by atomic mass is 35.5. The first-order chi connectivity index (χ1) is 23.5. The molecule has 49 heavy (non-hydrogen) atoms. The molecule has 0 radical (unpaired) electrons. The van der Waals surface area contributed by atoms with E-state index in [1.807, 2.05) is 17.0 Å². The van der Waals surface area contributed by atoms with Crippen molar-refractivity contribution in [2.75, 3.05) is 25.9 Å². The summed E-state index contributed by atoms with van der Waals surface area (Å²) in [6.45, 7) is 2.34. The van der Waals surface area contributed by atoms with Crippen molar-refractivity contribution < 1.29 is 27.2 Å². The number of carbonyl (C=O) groups excluding carboxylic acids is 3. The highest BCUT2D eigenvalue weighted by molar-refractivity contribution is 7.90. The first-order valence-corrected chi connectivity index (χ1v) is 18.7. The number of benzene rings is 3. The van der Waals surface area contributed by atoms with Crippen LogP contribution in [0.1, 0.15) is 65.3 Å². The zero-order valence-corrected chi connectivity index (χ0v) is 28.8. The average molecular weight is 704 g/mol. The van der Waals surface area contributed by atoms with Crippen LogP contribution in [0.2, 0.25) is 5.02 Å². The second kappa shape index (κ2) is 14.6. The number of fused-ring (bicyclic) bond motifs is 1. The summed E-state index contributed by atoms with van der Waals surface area (Å²) in [7, 11) is -3.56. The molecule has 0 saturated carbocycles. The Labute approximate surface area is 290 Å². The molecule has 1 N–H and O–H groups in total. The van der Waals surface area contributed by atoms with Gasteiger partial charge in [-0.1, -0.05) is 48.0 Å². The number of carbonyl (C=O) groups is 3. The van der Waals surface area contributed by atoms with Crippen LogP contribution >= 0.6 is 11.6 Å². The van der Waals surface area contributed by atoms with E-state index in [-0.39, 0.29) is 45.8 Å². The zero-order chi connectivity index (χ0) is 34.7. The molecule has 10 nitrogen and oxygen atoms in total. The number of piperidine rings is 2. The maximum atomic E-state index is 14.0. The molecule has 1 aromatic heterocycles. The van der Waals surface area contributed by atoms with Gasteiger partial charge in [-0.3, -0.25) is 19.2 Å². The first kappa shape index (κ1) is 34.4. The van der Waals surface area contributed by atoms with Gasteiger partial charge in [0.2, 0.25) is 11.8 Å². The first-order valence-electron chi connectivity index (χ1n) is 16.4. The molecule has 2 fully saturated rings. The number of amides is 3. The molecule has 2 aliphatic rings. The Morgan fingerprint density at radius 1 is 0.959 bits per heavy atom. The number of hydrogen-bond donors (Lipinski definition) is 1. The third-order valence-corrected chi connectivity index (χ3v) is 10.8. The fraction of sp³-hybridized carbons (Fsp3) is 0.351. The van der Waals surface area contributed by atoms with E-state index >= 15 is 0 Å². The second-order valence-corrected chi connectivity index (χ2v) is 15.3. The lowest BCUT2D eigenvalue weighted by molar-refractivity contribution is -0.135. The number of sulfone groups is 1. The standard InChI is InChI=1S/C37H38ClN3O7S/c1-49(46,47)28-13-14-33-30(21-28)32(42)22-34(48-33)36(44)39-31(20-24-9-11-27(38)12-10-24)37(45)40-18-15-25(16-19-40)29-7-3-2-6-26(29)23-41-17-5-4-8-35(41)43/h2-3,6-7,9-14,21-22,25,31H,4-5,8,15-20,23H2,1H3,(H,39,44)/t31-/m1/s1. The van der Waals surface area contributed by atoms with Crippen molar-refractivity contribution in [1.29, 1.82) is 0 Å². The SMILES string of the molecule is CS(=O)(=O)c1ccc2oc(C(=O)N[C@H](Cc3ccc(Cl)cc3)C(=O)N3CCC(c4ccccc4CN4CCCCC4=O)CC3)cc(=O)c2c1. The van der Waals surface area contributed by atoms with Crippen molar-refractivity contribution in [2.24, 2.45) is 0 Å². The van der Waals surface area contributed by atoms with E-state index in [1.54, 1.807) is 29.2 Å². The van der Waals surface area contributed by atoms with Crippen LogP contribution in [-0.2, 0) is 32.4 Å². The van der Waals surface area contributed by atoms with Gasteiger partial charge in [-0.15, -0.1) is 0 Å². The van der Waals surface area contributed by atoms with Gasteiger partial charge in [0.25, 0.3) is 5.91 Å². The van der Waals surface area contributed by atoms with Crippen molar-refractivity contribution in [3.63, 3.8) is 0 Å². The third kappa shape index (κ3) is 8.05. The lowest BCUT2D eigenvalue weighted by Crippen LogP contribution is -2.51. The Balaban J connectivity index is 1.19. The number of nitrogens with one attached hydrogen (secondary N) is 1. The van der Waals surface area contributed by atoms with Crippen molar-refractivity contribution in [3.8, 4) is 0 Å². The van der Waals surface area contributed by atoms with Crippen LogP contribution in [0.5, 0.6) is 0 Å². The molecule has 3 amide bonds. The number of likely N-dealkylation sites (tertiary alicyclic amines) is 2. The van der Waals surface area contributed by atoms with E-state index in [2.05, 4.69) is 17.4 Å². The van der Waals surface area contributed by atoms with E-state index in [1.165, 1.54) is 23.8 Å². The molecule has 3 aromatic carbocycles. The molecule has 3 heterocycles. The fourth-order valence-electron chi connectivity index (χ4n) is 6.71. The fourth-order valence-corrected chi connectivity index (χ4v) is 7.48. The minimum absolute atomic E-state index is 0.0280. The summed E-state index contributed by atoms with van der Waals surface area (Å²) in [5.41, 5.74) is 2.60. The molecule has 12 heteroatoms. The maximum Gasteiger partial charge on any atom is 0.287 e. The summed E-state index contributed by atoms with van der Waals surface area (Å²) >= 11 is 6.09. The van der Waals surface area contributed by atoms with E-state index < -0.39 is 27.2 Å². The van der Waals surface area contributed by atoms with Crippen LogP contribution in [0.15, 0.2) is 86.9 Å². The molecule has 0 unspecified atom stereocenters. The summed E-state index contributed by atoms with van der Waals surface area (Å²) in [5.74, 6) is -0.871. The smallest absolute Gasteiger partial charge is 0.287 e. The normalized spacial score (nSPS) is 16.5. The van der Waals surface area contributed by atoms with E-state index in [0.29, 0.717) is 31.1 Å². The van der Waals surface area contributed by atoms with Gasteiger partial charge in [0.1, 0.15) is 11.6 Å². The Morgan fingerprint density at radius 3 is 2.41 bits per heavy atom. The van der Waals surface area contributed by atoms with Crippen molar-refractivity contribution in [2.45, 2.75) is 61.9 Å². The van der Waals surface area contributed by atoms with Gasteiger partial charge in [0, 0.05) is 56.4 Å². The molecule has 4 aromatic rings. The monoisotopic (exact) mass is 703 g/mol. The van der Waals surface area contributed by atoms with Gasteiger partial charge in [0.05, 0.1) is 10.3 Å². The lowest BCUT2D eigenvalue weighted by atomic mass is 9.86. The number of hydrogen-bond acceptors (Lipinski definition) is 7. The van der Waals surface area contributed by atoms with Crippen molar-refractivity contribution in [1.82, 2.24) is 15.1 Å². The predicted molar refractivity (Wildman–Crippen MR) is 186 cm³/mol. The lowest BCUT2D eigenvalue weighted by Gasteiger charge is -2.36. The summed E-state index contributed by atoms with van der Waals surface area (Å²) in [5, 5.41) is 3.36. The quantitative estimate of drug-likeness (QED) is 0.256. The van der Waals surface area contributed by atoms with Crippen LogP contribution in [0.3, 0.4) is 0 Å². The van der Waals surface area contributed by atoms with Crippen LogP contribution in [0.4, 0.5) is 0 Å². The zero-order valence-electron chi connectivity index (χ0n) is 27.2. The Bertz CT molecular complexity index is 2050. The minimum Gasteiger partial charge on any atom is -0.451 e. The van der Waals surface area contributed by atoms with Gasteiger partial charge < -0.3 is 19.5 Å². The minimum atomic E-state index is -3.56. The molecular weight excluding hydrogens is 666 g/mol. The highest BCUT2D eigenvalue weighted by Gasteiger charge is 2.32. The number of rotatable bonds is 9. The maximum absolute atomic E-state index is 14.0. The molecule has 0 aliphatic carbocycles. The average Bonchev–Trinajstić information content (AvgIpc) is 3.09. The second-order valence-electron chi connectivity index (χ2n) is 12.8. The Kier molecular flexibility index (Phi) is 10.2. The molecule has 6 rings (SSSR count). The predicted octanol–water partition coefficient (Wildman–Crippen LogP) is 5.11. The molecule has 2 saturated heterocycles. The van der Waals surface area contributed by atoms with Gasteiger partial charge in [0.15, 0.2) is 21.0 Å². The molecular formula is C37H38ClN3O7S. The van der Waals surface area contributed by atoms with Crippen LogP contribution in [0.25, 0.3) is 11.0 Å². The van der Waals surface area contributed by atoms with Gasteiger partial charge in [-0.25, -0.2) is 8.42 Å². The van der Waals surface area contributed by atoms with Crippen molar-refractivity contribution in [3.05, 3.63) is 110 Å². The molecule has 1 atom stereocenters. The van der Waals surface area contributed by atoms with Crippen LogP contribution in [-0.4, -0.2) is 67.9 Å². The topological polar surface area (TPSA) is 134 Å². The largest absolute Gasteiger partial charge is 0.451 e. The molecule has 256 valence electrons. The summed E-state index contributed by atoms with van der Waals surface area (Å²) in [4.78, 5) is 56.7. The number of nitrogens with zero attached hydrogens (tertiary/aromatic N) is 2. The summed E-state index contributed by atoms with van der Waals surface area (Å²) < 4.78 is 29.7. The third-order valence-electron chi connectivity index (χ3n) is 9.39. The summed E-state index contributed by atoms with van der Waals surface area (Å²) in [6.07, 6.45) is 5.23. The van der Waals surface area contributed by atoms with Gasteiger partial charge in [-0.2, -0.15) is 0 Å². The molecule has 0 spiro atoms. The molecule has 2 aliphatic heterocycles. The van der Waals surface area contributed by atoms with E-state index in [9.17, 15) is 27.6 Å². The Hall–Kier alpha value is -4.48. The van der Waals surface area contributed by atoms with E-state index in [0.717, 1.165) is 55.7 Å². The number of halogens is 1. The summed E-state index contributed by atoms with van der Waals surface area (Å²) in [6, 6.07) is 19.2. The van der Waals surface area contributed by atoms with Gasteiger partial charge in [-0.05, 0) is 78.6 Å². The highest BCUT2D eigenvalue weighted by Crippen LogP contribution is 2.32.